The second-order valence-electron chi connectivity index (χ2n) is 3.49. The third kappa shape index (κ3) is 2.11. The predicted molar refractivity (Wildman–Crippen MR) is 62.8 cm³/mol. The molecule has 0 amide bonds. The molecule has 0 fully saturated rings. The van der Waals surface area contributed by atoms with Gasteiger partial charge in [-0.2, -0.15) is 0 Å². The fourth-order valence-electron chi connectivity index (χ4n) is 1.71. The molecule has 3 N–H and O–H groups in total. The lowest BCUT2D eigenvalue weighted by atomic mass is 10.0. The summed E-state index contributed by atoms with van der Waals surface area (Å²) in [6.45, 7) is 0.628. The van der Waals surface area contributed by atoms with Crippen LogP contribution in [0.15, 0.2) is 34.5 Å². The van der Waals surface area contributed by atoms with Crippen LogP contribution in [0.3, 0.4) is 0 Å². The van der Waals surface area contributed by atoms with Crippen LogP contribution < -0.4 is 11.3 Å². The van der Waals surface area contributed by atoms with E-state index in [2.05, 4.69) is 21.4 Å². The number of nitrogens with two attached hydrogens (primary N) is 1. The molecule has 1 unspecified atom stereocenters. The number of hydrazine groups is 1. The summed E-state index contributed by atoms with van der Waals surface area (Å²) in [5, 5.41) is 0. The zero-order chi connectivity index (χ0) is 11.5. The molecule has 1 aromatic rings. The zero-order valence-corrected chi connectivity index (χ0v) is 10.1. The summed E-state index contributed by atoms with van der Waals surface area (Å²) < 4.78 is 19.7. The first kappa shape index (κ1) is 11.6. The highest BCUT2D eigenvalue weighted by Crippen LogP contribution is 2.30. The summed E-state index contributed by atoms with van der Waals surface area (Å²) in [6.07, 6.45) is 2.76. The van der Waals surface area contributed by atoms with Crippen molar-refractivity contribution in [1.82, 2.24) is 5.43 Å². The third-order valence-corrected chi connectivity index (χ3v) is 3.09. The number of halogens is 2. The summed E-state index contributed by atoms with van der Waals surface area (Å²) in [7, 11) is 0. The summed E-state index contributed by atoms with van der Waals surface area (Å²) in [5.41, 5.74) is 3.05. The van der Waals surface area contributed by atoms with Gasteiger partial charge >= 0.3 is 0 Å². The SMILES string of the molecule is NNC(C1=CCCO1)c1cccc(Br)c1F. The molecule has 0 saturated carbocycles. The quantitative estimate of drug-likeness (QED) is 0.663. The first-order valence-corrected chi connectivity index (χ1v) is 5.76. The van der Waals surface area contributed by atoms with E-state index in [1.165, 1.54) is 0 Å². The molecule has 0 bridgehead atoms. The van der Waals surface area contributed by atoms with Gasteiger partial charge in [0.25, 0.3) is 0 Å². The summed E-state index contributed by atoms with van der Waals surface area (Å²) in [6, 6.07) is 4.67. The van der Waals surface area contributed by atoms with Crippen molar-refractivity contribution in [3.63, 3.8) is 0 Å². The molecule has 3 nitrogen and oxygen atoms in total. The fraction of sp³-hybridized carbons (Fsp3) is 0.273. The van der Waals surface area contributed by atoms with E-state index < -0.39 is 6.04 Å². The minimum absolute atomic E-state index is 0.318. The van der Waals surface area contributed by atoms with E-state index >= 15 is 0 Å². The highest BCUT2D eigenvalue weighted by Gasteiger charge is 2.23. The molecule has 0 aromatic heterocycles. The number of benzene rings is 1. The topological polar surface area (TPSA) is 47.3 Å². The van der Waals surface area contributed by atoms with Gasteiger partial charge in [0.05, 0.1) is 11.1 Å². The molecule has 0 spiro atoms. The Morgan fingerprint density at radius 2 is 2.31 bits per heavy atom. The normalized spacial score (nSPS) is 16.8. The summed E-state index contributed by atoms with van der Waals surface area (Å²) >= 11 is 3.15. The number of rotatable bonds is 3. The molecule has 1 aliphatic rings. The van der Waals surface area contributed by atoms with Crippen LogP contribution in [0, 0.1) is 5.82 Å². The van der Waals surface area contributed by atoms with Gasteiger partial charge in [0.2, 0.25) is 0 Å². The molecule has 1 atom stereocenters. The van der Waals surface area contributed by atoms with Gasteiger partial charge < -0.3 is 4.74 Å². The van der Waals surface area contributed by atoms with Crippen molar-refractivity contribution in [3.05, 3.63) is 45.9 Å². The molecular weight excluding hydrogens is 275 g/mol. The second kappa shape index (κ2) is 4.95. The second-order valence-corrected chi connectivity index (χ2v) is 4.34. The molecule has 1 aromatic carbocycles. The van der Waals surface area contributed by atoms with Crippen LogP contribution >= 0.6 is 15.9 Å². The van der Waals surface area contributed by atoms with E-state index in [1.807, 2.05) is 6.08 Å². The van der Waals surface area contributed by atoms with Gasteiger partial charge in [-0.1, -0.05) is 12.1 Å². The molecule has 0 aliphatic carbocycles. The van der Waals surface area contributed by atoms with Crippen molar-refractivity contribution in [2.45, 2.75) is 12.5 Å². The van der Waals surface area contributed by atoms with Gasteiger partial charge in [-0.25, -0.2) is 9.82 Å². The van der Waals surface area contributed by atoms with Crippen molar-refractivity contribution in [2.24, 2.45) is 5.84 Å². The molecule has 2 rings (SSSR count). The maximum Gasteiger partial charge on any atom is 0.142 e. The molecule has 86 valence electrons. The Morgan fingerprint density at radius 3 is 2.94 bits per heavy atom. The number of nitrogens with one attached hydrogen (secondary N) is 1. The van der Waals surface area contributed by atoms with Gasteiger partial charge in [0, 0.05) is 12.0 Å². The zero-order valence-electron chi connectivity index (χ0n) is 8.54. The van der Waals surface area contributed by atoms with Crippen LogP contribution in [0.2, 0.25) is 0 Å². The highest BCUT2D eigenvalue weighted by molar-refractivity contribution is 9.10. The average Bonchev–Trinajstić information content (AvgIpc) is 2.79. The van der Waals surface area contributed by atoms with Crippen molar-refractivity contribution >= 4 is 15.9 Å². The Labute approximate surface area is 102 Å². The van der Waals surface area contributed by atoms with Crippen LogP contribution in [0.1, 0.15) is 18.0 Å². The number of hydrogen-bond donors (Lipinski definition) is 2. The summed E-state index contributed by atoms with van der Waals surface area (Å²) in [5.74, 6) is 5.81. The Bertz CT molecular complexity index is 422. The van der Waals surface area contributed by atoms with Crippen LogP contribution in [0.5, 0.6) is 0 Å². The molecule has 16 heavy (non-hydrogen) atoms. The Balaban J connectivity index is 2.36. The third-order valence-electron chi connectivity index (χ3n) is 2.48. The Hall–Kier alpha value is -0.910. The van der Waals surface area contributed by atoms with E-state index in [1.54, 1.807) is 18.2 Å². The first-order valence-electron chi connectivity index (χ1n) is 4.97. The van der Waals surface area contributed by atoms with Gasteiger partial charge in [-0.3, -0.25) is 5.84 Å². The lowest BCUT2D eigenvalue weighted by Gasteiger charge is -2.18. The molecule has 0 radical (unpaired) electrons. The first-order chi connectivity index (χ1) is 7.74. The van der Waals surface area contributed by atoms with E-state index in [-0.39, 0.29) is 5.82 Å². The van der Waals surface area contributed by atoms with Crippen LogP contribution in [-0.2, 0) is 4.74 Å². The van der Waals surface area contributed by atoms with Crippen LogP contribution in [0.4, 0.5) is 4.39 Å². The van der Waals surface area contributed by atoms with Gasteiger partial charge in [-0.15, -0.1) is 0 Å². The van der Waals surface area contributed by atoms with E-state index in [9.17, 15) is 4.39 Å². The number of hydrogen-bond acceptors (Lipinski definition) is 3. The maximum atomic E-state index is 13.9. The smallest absolute Gasteiger partial charge is 0.142 e. The lowest BCUT2D eigenvalue weighted by Crippen LogP contribution is -2.30. The van der Waals surface area contributed by atoms with Gasteiger partial charge in [0.15, 0.2) is 0 Å². The van der Waals surface area contributed by atoms with Crippen LogP contribution in [0.25, 0.3) is 0 Å². The molecule has 1 aliphatic heterocycles. The molecule has 0 saturated heterocycles. The largest absolute Gasteiger partial charge is 0.496 e. The molecular formula is C11H12BrFN2O. The predicted octanol–water partition coefficient (Wildman–Crippen LogP) is 2.40. The fourth-order valence-corrected chi connectivity index (χ4v) is 2.09. The van der Waals surface area contributed by atoms with E-state index in [0.29, 0.717) is 22.4 Å². The van der Waals surface area contributed by atoms with Crippen LogP contribution in [-0.4, -0.2) is 6.61 Å². The number of ether oxygens (including phenoxy) is 1. The van der Waals surface area contributed by atoms with Crippen molar-refractivity contribution < 1.29 is 9.13 Å². The van der Waals surface area contributed by atoms with Gasteiger partial charge in [-0.05, 0) is 28.1 Å². The molecule has 1 heterocycles. The monoisotopic (exact) mass is 286 g/mol. The Morgan fingerprint density at radius 1 is 1.50 bits per heavy atom. The van der Waals surface area contributed by atoms with E-state index in [0.717, 1.165) is 6.42 Å². The molecule has 5 heteroatoms. The maximum absolute atomic E-state index is 13.9. The van der Waals surface area contributed by atoms with Crippen molar-refractivity contribution in [1.29, 1.82) is 0 Å². The van der Waals surface area contributed by atoms with Gasteiger partial charge in [0.1, 0.15) is 17.6 Å². The minimum atomic E-state index is -0.431. The van der Waals surface area contributed by atoms with Crippen molar-refractivity contribution in [2.75, 3.05) is 6.61 Å². The highest BCUT2D eigenvalue weighted by atomic mass is 79.9. The van der Waals surface area contributed by atoms with Crippen molar-refractivity contribution in [3.8, 4) is 0 Å². The average molecular weight is 287 g/mol. The summed E-state index contributed by atoms with van der Waals surface area (Å²) in [4.78, 5) is 0. The lowest BCUT2D eigenvalue weighted by molar-refractivity contribution is 0.214. The standard InChI is InChI=1S/C11H12BrFN2O/c12-8-4-1-3-7(10(8)13)11(15-14)9-5-2-6-16-9/h1,3-5,11,15H,2,6,14H2. The Kier molecular flexibility index (Phi) is 3.58. The minimum Gasteiger partial charge on any atom is -0.496 e. The van der Waals surface area contributed by atoms with E-state index in [4.69, 9.17) is 10.6 Å².